The van der Waals surface area contributed by atoms with Crippen molar-refractivity contribution in [2.24, 2.45) is 0 Å². The van der Waals surface area contributed by atoms with Crippen molar-refractivity contribution in [3.8, 4) is 5.75 Å². The minimum Gasteiger partial charge on any atom is -0.497 e. The van der Waals surface area contributed by atoms with Gasteiger partial charge in [-0.1, -0.05) is 18.6 Å². The molecular formula is C21H28N4O2. The minimum atomic E-state index is -0.103. The average molecular weight is 368 g/mol. The highest BCUT2D eigenvalue weighted by atomic mass is 16.5. The van der Waals surface area contributed by atoms with Gasteiger partial charge in [0.2, 0.25) is 0 Å². The number of nitrogens with one attached hydrogen (secondary N) is 2. The molecule has 2 heterocycles. The molecule has 27 heavy (non-hydrogen) atoms. The number of carbonyl (C=O) groups excluding carboxylic acids is 1. The third-order valence-electron chi connectivity index (χ3n) is 5.64. The van der Waals surface area contributed by atoms with Crippen LogP contribution in [0.15, 0.2) is 30.3 Å². The summed E-state index contributed by atoms with van der Waals surface area (Å²) in [6.07, 6.45) is 6.10. The van der Waals surface area contributed by atoms with Gasteiger partial charge in [0.15, 0.2) is 0 Å². The van der Waals surface area contributed by atoms with Crippen molar-refractivity contribution in [1.29, 1.82) is 0 Å². The van der Waals surface area contributed by atoms with E-state index in [1.807, 2.05) is 18.2 Å². The standard InChI is InChI=1S/C21H28N4O2/c1-27-17-9-7-16(8-10-17)20(25-11-3-2-4-12-25)14-22-21(26)19-13-18(23-24-19)15-5-6-15/h7-10,13,15,20H,2-6,11-12,14H2,1H3,(H,22,26)(H,23,24). The van der Waals surface area contributed by atoms with E-state index in [1.165, 1.54) is 37.7 Å². The van der Waals surface area contributed by atoms with Crippen LogP contribution in [0, 0.1) is 0 Å². The molecule has 1 aliphatic carbocycles. The number of amides is 1. The van der Waals surface area contributed by atoms with Gasteiger partial charge in [-0.05, 0) is 62.5 Å². The summed E-state index contributed by atoms with van der Waals surface area (Å²) in [4.78, 5) is 15.1. The average Bonchev–Trinajstić information content (AvgIpc) is 3.46. The highest BCUT2D eigenvalue weighted by Crippen LogP contribution is 2.39. The molecule has 2 aliphatic rings. The normalized spacial score (nSPS) is 18.9. The number of carbonyl (C=O) groups is 1. The fourth-order valence-corrected chi connectivity index (χ4v) is 3.85. The molecule has 0 bridgehead atoms. The summed E-state index contributed by atoms with van der Waals surface area (Å²) < 4.78 is 5.28. The summed E-state index contributed by atoms with van der Waals surface area (Å²) in [6, 6.07) is 10.2. The van der Waals surface area contributed by atoms with Gasteiger partial charge in [-0.15, -0.1) is 0 Å². The Kier molecular flexibility index (Phi) is 5.43. The van der Waals surface area contributed by atoms with Gasteiger partial charge in [0, 0.05) is 18.2 Å². The Morgan fingerprint density at radius 1 is 1.26 bits per heavy atom. The van der Waals surface area contributed by atoms with Crippen LogP contribution < -0.4 is 10.1 Å². The largest absolute Gasteiger partial charge is 0.497 e. The summed E-state index contributed by atoms with van der Waals surface area (Å²) in [5.41, 5.74) is 2.78. The van der Waals surface area contributed by atoms with Gasteiger partial charge in [0.1, 0.15) is 11.4 Å². The van der Waals surface area contributed by atoms with E-state index in [0.29, 0.717) is 18.2 Å². The third-order valence-corrected chi connectivity index (χ3v) is 5.64. The Balaban J connectivity index is 1.44. The van der Waals surface area contributed by atoms with Gasteiger partial charge in [-0.25, -0.2) is 0 Å². The molecule has 1 saturated heterocycles. The lowest BCUT2D eigenvalue weighted by Gasteiger charge is -2.35. The predicted molar refractivity (Wildman–Crippen MR) is 104 cm³/mol. The third kappa shape index (κ3) is 4.33. The minimum absolute atomic E-state index is 0.103. The number of benzene rings is 1. The molecular weight excluding hydrogens is 340 g/mol. The van der Waals surface area contributed by atoms with Crippen LogP contribution in [0.25, 0.3) is 0 Å². The molecule has 1 aliphatic heterocycles. The first-order valence-electron chi connectivity index (χ1n) is 9.96. The lowest BCUT2D eigenvalue weighted by Crippen LogP contribution is -2.40. The molecule has 2 N–H and O–H groups in total. The molecule has 1 aromatic carbocycles. The smallest absolute Gasteiger partial charge is 0.271 e. The van der Waals surface area contributed by atoms with Crippen molar-refractivity contribution in [2.75, 3.05) is 26.7 Å². The molecule has 1 atom stereocenters. The number of likely N-dealkylation sites (tertiary alicyclic amines) is 1. The Hall–Kier alpha value is -2.34. The highest BCUT2D eigenvalue weighted by Gasteiger charge is 2.27. The van der Waals surface area contributed by atoms with Crippen molar-refractivity contribution in [3.05, 3.63) is 47.3 Å². The maximum atomic E-state index is 12.6. The summed E-state index contributed by atoms with van der Waals surface area (Å²) in [7, 11) is 1.68. The van der Waals surface area contributed by atoms with Gasteiger partial charge in [0.25, 0.3) is 5.91 Å². The number of aromatic nitrogens is 2. The first-order chi connectivity index (χ1) is 13.2. The van der Waals surface area contributed by atoms with Gasteiger partial charge in [-0.2, -0.15) is 5.10 Å². The van der Waals surface area contributed by atoms with E-state index in [4.69, 9.17) is 4.74 Å². The topological polar surface area (TPSA) is 70.2 Å². The van der Waals surface area contributed by atoms with Crippen LogP contribution in [-0.4, -0.2) is 47.7 Å². The number of piperidine rings is 1. The van der Waals surface area contributed by atoms with Gasteiger partial charge in [0.05, 0.1) is 13.2 Å². The molecule has 1 amide bonds. The maximum absolute atomic E-state index is 12.6. The second-order valence-electron chi connectivity index (χ2n) is 7.58. The number of rotatable bonds is 7. The quantitative estimate of drug-likeness (QED) is 0.787. The summed E-state index contributed by atoms with van der Waals surface area (Å²) in [5, 5.41) is 10.3. The number of H-pyrrole nitrogens is 1. The molecule has 1 saturated carbocycles. The summed E-state index contributed by atoms with van der Waals surface area (Å²) in [6.45, 7) is 2.72. The lowest BCUT2D eigenvalue weighted by molar-refractivity contribution is 0.0919. The molecule has 2 aromatic rings. The van der Waals surface area contributed by atoms with Crippen LogP contribution >= 0.6 is 0 Å². The van der Waals surface area contributed by atoms with Crippen LogP contribution in [0.1, 0.15) is 65.8 Å². The fourth-order valence-electron chi connectivity index (χ4n) is 3.85. The second-order valence-corrected chi connectivity index (χ2v) is 7.58. The predicted octanol–water partition coefficient (Wildman–Crippen LogP) is 3.25. The number of hydrogen-bond acceptors (Lipinski definition) is 4. The molecule has 1 unspecified atom stereocenters. The molecule has 0 radical (unpaired) electrons. The van der Waals surface area contributed by atoms with Crippen molar-refractivity contribution in [3.63, 3.8) is 0 Å². The van der Waals surface area contributed by atoms with Crippen LogP contribution in [0.3, 0.4) is 0 Å². The van der Waals surface area contributed by atoms with Crippen molar-refractivity contribution in [2.45, 2.75) is 44.1 Å². The van der Waals surface area contributed by atoms with Crippen LogP contribution in [0.4, 0.5) is 0 Å². The zero-order chi connectivity index (χ0) is 18.6. The van der Waals surface area contributed by atoms with E-state index in [-0.39, 0.29) is 11.9 Å². The number of ether oxygens (including phenoxy) is 1. The molecule has 144 valence electrons. The van der Waals surface area contributed by atoms with Crippen LogP contribution in [0.5, 0.6) is 5.75 Å². The molecule has 2 fully saturated rings. The fraction of sp³-hybridized carbons (Fsp3) is 0.524. The van der Waals surface area contributed by atoms with Crippen molar-refractivity contribution >= 4 is 5.91 Å². The number of hydrogen-bond donors (Lipinski definition) is 2. The zero-order valence-corrected chi connectivity index (χ0v) is 15.9. The number of aromatic amines is 1. The Bertz CT molecular complexity index is 761. The van der Waals surface area contributed by atoms with Crippen LogP contribution in [-0.2, 0) is 0 Å². The van der Waals surface area contributed by atoms with Crippen LogP contribution in [0.2, 0.25) is 0 Å². The SMILES string of the molecule is COc1ccc(C(CNC(=O)c2cc(C3CC3)[nH]n2)N2CCCCC2)cc1. The molecule has 6 heteroatoms. The highest BCUT2D eigenvalue weighted by molar-refractivity contribution is 5.92. The molecule has 6 nitrogen and oxygen atoms in total. The molecule has 1 aromatic heterocycles. The monoisotopic (exact) mass is 368 g/mol. The molecule has 0 spiro atoms. The summed E-state index contributed by atoms with van der Waals surface area (Å²) >= 11 is 0. The number of nitrogens with zero attached hydrogens (tertiary/aromatic N) is 2. The van der Waals surface area contributed by atoms with E-state index in [9.17, 15) is 4.79 Å². The zero-order valence-electron chi connectivity index (χ0n) is 15.9. The van der Waals surface area contributed by atoms with Gasteiger partial charge < -0.3 is 10.1 Å². The van der Waals surface area contributed by atoms with E-state index in [0.717, 1.165) is 24.5 Å². The first kappa shape index (κ1) is 18.0. The van der Waals surface area contributed by atoms with Crippen molar-refractivity contribution in [1.82, 2.24) is 20.4 Å². The van der Waals surface area contributed by atoms with E-state index < -0.39 is 0 Å². The van der Waals surface area contributed by atoms with E-state index >= 15 is 0 Å². The van der Waals surface area contributed by atoms with Gasteiger partial charge in [-0.3, -0.25) is 14.8 Å². The second kappa shape index (κ2) is 8.13. The Morgan fingerprint density at radius 2 is 2.00 bits per heavy atom. The number of methoxy groups -OCH3 is 1. The van der Waals surface area contributed by atoms with Gasteiger partial charge >= 0.3 is 0 Å². The first-order valence-corrected chi connectivity index (χ1v) is 9.96. The molecule has 4 rings (SSSR count). The van der Waals surface area contributed by atoms with E-state index in [2.05, 4.69) is 32.5 Å². The Labute approximate surface area is 160 Å². The summed E-state index contributed by atoms with van der Waals surface area (Å²) in [5.74, 6) is 1.32. The lowest BCUT2D eigenvalue weighted by atomic mass is 10.0. The Morgan fingerprint density at radius 3 is 2.67 bits per heavy atom. The van der Waals surface area contributed by atoms with E-state index in [1.54, 1.807) is 7.11 Å². The maximum Gasteiger partial charge on any atom is 0.271 e. The van der Waals surface area contributed by atoms with Crippen molar-refractivity contribution < 1.29 is 9.53 Å².